The zero-order valence-electron chi connectivity index (χ0n) is 9.88. The molecule has 0 radical (unpaired) electrons. The summed E-state index contributed by atoms with van der Waals surface area (Å²) in [6.45, 7) is 5.27. The summed E-state index contributed by atoms with van der Waals surface area (Å²) in [6, 6.07) is 0. The van der Waals surface area contributed by atoms with E-state index < -0.39 is 11.5 Å². The Bertz CT molecular complexity index is 270. The zero-order chi connectivity index (χ0) is 12.2. The Labute approximate surface area is 95.6 Å². The van der Waals surface area contributed by atoms with Gasteiger partial charge in [0.2, 0.25) is 5.91 Å². The quantitative estimate of drug-likeness (QED) is 0.613. The van der Waals surface area contributed by atoms with E-state index in [0.29, 0.717) is 25.2 Å². The summed E-state index contributed by atoms with van der Waals surface area (Å²) in [5.74, 6) is -0.740. The van der Waals surface area contributed by atoms with E-state index in [-0.39, 0.29) is 5.91 Å². The summed E-state index contributed by atoms with van der Waals surface area (Å²) >= 11 is 0. The van der Waals surface area contributed by atoms with Crippen LogP contribution in [0.4, 0.5) is 0 Å². The lowest BCUT2D eigenvalue weighted by Crippen LogP contribution is -2.55. The van der Waals surface area contributed by atoms with Gasteiger partial charge >= 0.3 is 5.97 Å². The highest BCUT2D eigenvalue weighted by atomic mass is 16.4. The number of rotatable bonds is 6. The number of carbonyl (C=O) groups is 2. The van der Waals surface area contributed by atoms with Crippen LogP contribution in [0.25, 0.3) is 0 Å². The van der Waals surface area contributed by atoms with E-state index in [2.05, 4.69) is 10.6 Å². The summed E-state index contributed by atoms with van der Waals surface area (Å²) in [5.41, 5.74) is -1.09. The van der Waals surface area contributed by atoms with Crippen LogP contribution in [-0.4, -0.2) is 35.6 Å². The number of carboxylic acid groups (broad SMARTS) is 1. The average molecular weight is 228 g/mol. The van der Waals surface area contributed by atoms with E-state index in [1.165, 1.54) is 0 Å². The molecule has 1 rings (SSSR count). The number of nitrogens with one attached hydrogen (secondary N) is 2. The van der Waals surface area contributed by atoms with Gasteiger partial charge in [0.25, 0.3) is 0 Å². The second kappa shape index (κ2) is 5.30. The van der Waals surface area contributed by atoms with Crippen molar-refractivity contribution in [1.29, 1.82) is 0 Å². The van der Waals surface area contributed by atoms with Gasteiger partial charge in [-0.05, 0) is 31.8 Å². The van der Waals surface area contributed by atoms with Crippen molar-refractivity contribution in [3.05, 3.63) is 0 Å². The fourth-order valence-corrected chi connectivity index (χ4v) is 1.86. The van der Waals surface area contributed by atoms with Gasteiger partial charge < -0.3 is 15.7 Å². The minimum atomic E-state index is -1.09. The average Bonchev–Trinajstić information content (AvgIpc) is 2.20. The van der Waals surface area contributed by atoms with Gasteiger partial charge in [-0.25, -0.2) is 4.79 Å². The molecule has 1 amide bonds. The van der Waals surface area contributed by atoms with E-state index in [0.717, 1.165) is 13.1 Å². The number of hydrogen-bond acceptors (Lipinski definition) is 3. The number of carbonyl (C=O) groups excluding carboxylic acids is 1. The van der Waals surface area contributed by atoms with E-state index in [1.54, 1.807) is 13.8 Å². The van der Waals surface area contributed by atoms with Crippen LogP contribution in [0, 0.1) is 5.92 Å². The first-order valence-corrected chi connectivity index (χ1v) is 5.79. The normalized spacial score (nSPS) is 16.6. The Morgan fingerprint density at radius 1 is 1.38 bits per heavy atom. The molecule has 16 heavy (non-hydrogen) atoms. The highest BCUT2D eigenvalue weighted by Gasteiger charge is 2.36. The summed E-state index contributed by atoms with van der Waals surface area (Å²) in [6.07, 6.45) is 1.24. The molecule has 1 aliphatic heterocycles. The molecule has 92 valence electrons. The van der Waals surface area contributed by atoms with E-state index in [4.69, 9.17) is 5.11 Å². The third-order valence-corrected chi connectivity index (χ3v) is 3.34. The first-order chi connectivity index (χ1) is 7.54. The highest BCUT2D eigenvalue weighted by Crippen LogP contribution is 2.17. The van der Waals surface area contributed by atoms with Gasteiger partial charge in [0.05, 0.1) is 0 Å². The Kier molecular flexibility index (Phi) is 4.29. The molecule has 5 heteroatoms. The van der Waals surface area contributed by atoms with Gasteiger partial charge in [-0.1, -0.05) is 13.8 Å². The minimum Gasteiger partial charge on any atom is -0.480 e. The van der Waals surface area contributed by atoms with Crippen molar-refractivity contribution < 1.29 is 14.7 Å². The molecule has 1 saturated heterocycles. The van der Waals surface area contributed by atoms with Crippen molar-refractivity contribution >= 4 is 11.9 Å². The largest absolute Gasteiger partial charge is 0.480 e. The SMILES string of the molecule is CCC(CC)(NC(=O)CC1CNC1)C(=O)O. The molecule has 1 fully saturated rings. The number of carboxylic acids is 1. The summed E-state index contributed by atoms with van der Waals surface area (Å²) in [4.78, 5) is 22.8. The predicted octanol–water partition coefficient (Wildman–Crippen LogP) is 0.355. The second-order valence-electron chi connectivity index (χ2n) is 4.37. The lowest BCUT2D eigenvalue weighted by molar-refractivity contribution is -0.148. The van der Waals surface area contributed by atoms with Crippen LogP contribution in [0.1, 0.15) is 33.1 Å². The van der Waals surface area contributed by atoms with E-state index in [9.17, 15) is 9.59 Å². The molecular formula is C11H20N2O3. The molecule has 1 aliphatic rings. The van der Waals surface area contributed by atoms with Crippen molar-refractivity contribution in [3.63, 3.8) is 0 Å². The fraction of sp³-hybridized carbons (Fsp3) is 0.818. The second-order valence-corrected chi connectivity index (χ2v) is 4.37. The Hall–Kier alpha value is -1.10. The Balaban J connectivity index is 2.52. The van der Waals surface area contributed by atoms with Crippen molar-refractivity contribution in [3.8, 4) is 0 Å². The Morgan fingerprint density at radius 2 is 1.94 bits per heavy atom. The molecule has 0 bridgehead atoms. The maximum atomic E-state index is 11.7. The summed E-state index contributed by atoms with van der Waals surface area (Å²) in [5, 5.41) is 14.9. The minimum absolute atomic E-state index is 0.155. The molecule has 0 saturated carbocycles. The smallest absolute Gasteiger partial charge is 0.329 e. The molecular weight excluding hydrogens is 208 g/mol. The van der Waals surface area contributed by atoms with Gasteiger partial charge in [-0.15, -0.1) is 0 Å². The molecule has 3 N–H and O–H groups in total. The van der Waals surface area contributed by atoms with Crippen LogP contribution in [-0.2, 0) is 9.59 Å². The highest BCUT2D eigenvalue weighted by molar-refractivity contribution is 5.87. The van der Waals surface area contributed by atoms with Crippen molar-refractivity contribution in [2.24, 2.45) is 5.92 Å². The lowest BCUT2D eigenvalue weighted by atomic mass is 9.91. The third-order valence-electron chi connectivity index (χ3n) is 3.34. The van der Waals surface area contributed by atoms with Crippen LogP contribution >= 0.6 is 0 Å². The topological polar surface area (TPSA) is 78.4 Å². The summed E-state index contributed by atoms with van der Waals surface area (Å²) in [7, 11) is 0. The van der Waals surface area contributed by atoms with Crippen LogP contribution in [0.5, 0.6) is 0 Å². The van der Waals surface area contributed by atoms with E-state index >= 15 is 0 Å². The maximum Gasteiger partial charge on any atom is 0.329 e. The molecule has 1 heterocycles. The van der Waals surface area contributed by atoms with Gasteiger partial charge in [0, 0.05) is 6.42 Å². The number of aliphatic carboxylic acids is 1. The summed E-state index contributed by atoms with van der Waals surface area (Å²) < 4.78 is 0. The maximum absolute atomic E-state index is 11.7. The van der Waals surface area contributed by atoms with Crippen LogP contribution in [0.15, 0.2) is 0 Å². The van der Waals surface area contributed by atoms with Gasteiger partial charge in [-0.2, -0.15) is 0 Å². The number of hydrogen-bond donors (Lipinski definition) is 3. The Morgan fingerprint density at radius 3 is 2.25 bits per heavy atom. The van der Waals surface area contributed by atoms with E-state index in [1.807, 2.05) is 0 Å². The van der Waals surface area contributed by atoms with Crippen LogP contribution < -0.4 is 10.6 Å². The van der Waals surface area contributed by atoms with Crippen molar-refractivity contribution in [2.75, 3.05) is 13.1 Å². The molecule has 0 aliphatic carbocycles. The molecule has 0 unspecified atom stereocenters. The molecule has 0 aromatic carbocycles. The molecule has 0 aromatic heterocycles. The van der Waals surface area contributed by atoms with Crippen molar-refractivity contribution in [1.82, 2.24) is 10.6 Å². The lowest BCUT2D eigenvalue weighted by Gasteiger charge is -2.31. The first-order valence-electron chi connectivity index (χ1n) is 5.79. The zero-order valence-corrected chi connectivity index (χ0v) is 9.88. The number of amides is 1. The van der Waals surface area contributed by atoms with Gasteiger partial charge in [-0.3, -0.25) is 4.79 Å². The monoisotopic (exact) mass is 228 g/mol. The molecule has 0 aromatic rings. The fourth-order valence-electron chi connectivity index (χ4n) is 1.86. The van der Waals surface area contributed by atoms with Crippen LogP contribution in [0.3, 0.4) is 0 Å². The first kappa shape index (κ1) is 13.0. The predicted molar refractivity (Wildman–Crippen MR) is 60.1 cm³/mol. The van der Waals surface area contributed by atoms with Gasteiger partial charge in [0.1, 0.15) is 5.54 Å². The third kappa shape index (κ3) is 2.72. The van der Waals surface area contributed by atoms with Gasteiger partial charge in [0.15, 0.2) is 0 Å². The molecule has 5 nitrogen and oxygen atoms in total. The van der Waals surface area contributed by atoms with Crippen LogP contribution in [0.2, 0.25) is 0 Å². The molecule has 0 atom stereocenters. The van der Waals surface area contributed by atoms with Crippen molar-refractivity contribution in [2.45, 2.75) is 38.6 Å². The molecule has 0 spiro atoms. The standard InChI is InChI=1S/C11H20N2O3/c1-3-11(4-2,10(15)16)13-9(14)5-8-6-12-7-8/h8,12H,3-7H2,1-2H3,(H,13,14)(H,15,16).